The number of furan rings is 1. The van der Waals surface area contributed by atoms with Crippen LogP contribution in [-0.2, 0) is 16.1 Å². The van der Waals surface area contributed by atoms with E-state index >= 15 is 0 Å². The molecule has 0 saturated heterocycles. The summed E-state index contributed by atoms with van der Waals surface area (Å²) in [5, 5.41) is 9.21. The molecule has 2 aromatic heterocycles. The number of rotatable bonds is 6. The van der Waals surface area contributed by atoms with Crippen molar-refractivity contribution in [3.63, 3.8) is 0 Å². The molecule has 1 aromatic carbocycles. The van der Waals surface area contributed by atoms with Crippen molar-refractivity contribution in [3.8, 4) is 0 Å². The summed E-state index contributed by atoms with van der Waals surface area (Å²) in [5.41, 5.74) is -0.419. The molecule has 0 radical (unpaired) electrons. The van der Waals surface area contributed by atoms with E-state index in [4.69, 9.17) is 9.15 Å². The maximum atomic E-state index is 12.5. The number of aromatic nitrogens is 2. The zero-order valence-corrected chi connectivity index (χ0v) is 16.4. The third-order valence-corrected chi connectivity index (χ3v) is 4.10. The van der Waals surface area contributed by atoms with Gasteiger partial charge < -0.3 is 14.5 Å². The van der Waals surface area contributed by atoms with Crippen LogP contribution in [0.2, 0.25) is 0 Å². The summed E-state index contributed by atoms with van der Waals surface area (Å²) in [4.78, 5) is 48.6. The molecule has 3 amide bonds. The van der Waals surface area contributed by atoms with Crippen LogP contribution in [-0.4, -0.2) is 34.3 Å². The molecule has 0 saturated carbocycles. The van der Waals surface area contributed by atoms with Gasteiger partial charge in [-0.1, -0.05) is 18.2 Å². The van der Waals surface area contributed by atoms with Gasteiger partial charge in [0.25, 0.3) is 11.5 Å². The number of carbonyl (C=O) groups excluding carboxylic acids is 3. The van der Waals surface area contributed by atoms with Crippen LogP contribution in [0.1, 0.15) is 36.1 Å². The summed E-state index contributed by atoms with van der Waals surface area (Å²) >= 11 is 0. The molecule has 0 aliphatic rings. The number of carbonyl (C=O) groups is 3. The quantitative estimate of drug-likeness (QED) is 0.589. The van der Waals surface area contributed by atoms with Crippen molar-refractivity contribution in [1.29, 1.82) is 0 Å². The van der Waals surface area contributed by atoms with E-state index in [1.807, 2.05) is 5.32 Å². The lowest BCUT2D eigenvalue weighted by Gasteiger charge is -2.13. The van der Waals surface area contributed by atoms with Crippen LogP contribution in [0.5, 0.6) is 0 Å². The molecule has 3 aromatic rings. The molecule has 0 aliphatic carbocycles. The van der Waals surface area contributed by atoms with E-state index in [0.717, 1.165) is 0 Å². The number of nitrogens with one attached hydrogen (secondary N) is 2. The van der Waals surface area contributed by atoms with Crippen molar-refractivity contribution in [2.24, 2.45) is 0 Å². The van der Waals surface area contributed by atoms with Gasteiger partial charge in [-0.15, -0.1) is 0 Å². The zero-order valence-electron chi connectivity index (χ0n) is 16.4. The first-order valence-electron chi connectivity index (χ1n) is 9.15. The standard InChI is InChI=1S/C20H20N4O6/c1-12(2)24-18(26)15-8-4-3-7-14(15)17(23-24)19(27)30-11-16(25)22-20(28)21-10-13-6-5-9-29-13/h3-9,12H,10-11H2,1-2H3,(H2,21,22,25,28). The number of hydrogen-bond acceptors (Lipinski definition) is 7. The van der Waals surface area contributed by atoms with Crippen LogP contribution in [0.25, 0.3) is 10.8 Å². The van der Waals surface area contributed by atoms with Gasteiger partial charge >= 0.3 is 12.0 Å². The fraction of sp³-hybridized carbons (Fsp3) is 0.250. The molecule has 156 valence electrons. The molecule has 2 heterocycles. The van der Waals surface area contributed by atoms with Gasteiger partial charge in [0, 0.05) is 5.39 Å². The molecule has 3 rings (SSSR count). The topological polar surface area (TPSA) is 133 Å². The Kier molecular flexibility index (Phi) is 6.26. The Bertz CT molecular complexity index is 1130. The summed E-state index contributed by atoms with van der Waals surface area (Å²) in [6.45, 7) is 2.92. The zero-order chi connectivity index (χ0) is 21.7. The minimum absolute atomic E-state index is 0.0889. The summed E-state index contributed by atoms with van der Waals surface area (Å²) in [6.07, 6.45) is 1.46. The molecular formula is C20H20N4O6. The number of hydrogen-bond donors (Lipinski definition) is 2. The average Bonchev–Trinajstić information content (AvgIpc) is 3.24. The van der Waals surface area contributed by atoms with Crippen molar-refractivity contribution in [2.75, 3.05) is 6.61 Å². The lowest BCUT2D eigenvalue weighted by atomic mass is 10.1. The van der Waals surface area contributed by atoms with Crippen LogP contribution in [0.15, 0.2) is 51.9 Å². The Morgan fingerprint density at radius 3 is 2.53 bits per heavy atom. The van der Waals surface area contributed by atoms with E-state index in [2.05, 4.69) is 10.4 Å². The first-order chi connectivity index (χ1) is 14.4. The van der Waals surface area contributed by atoms with Crippen molar-refractivity contribution >= 4 is 28.7 Å². The van der Waals surface area contributed by atoms with Crippen LogP contribution in [0.3, 0.4) is 0 Å². The molecule has 30 heavy (non-hydrogen) atoms. The third-order valence-electron chi connectivity index (χ3n) is 4.10. The first kappa shape index (κ1) is 20.8. The lowest BCUT2D eigenvalue weighted by molar-refractivity contribution is -0.123. The predicted octanol–water partition coefficient (Wildman–Crippen LogP) is 1.75. The number of fused-ring (bicyclic) bond motifs is 1. The van der Waals surface area contributed by atoms with E-state index in [1.165, 1.54) is 10.9 Å². The predicted molar refractivity (Wildman–Crippen MR) is 106 cm³/mol. The van der Waals surface area contributed by atoms with Crippen molar-refractivity contribution in [1.82, 2.24) is 20.4 Å². The molecule has 0 aliphatic heterocycles. The number of amides is 3. The fourth-order valence-corrected chi connectivity index (χ4v) is 2.69. The molecule has 0 bridgehead atoms. The summed E-state index contributed by atoms with van der Waals surface area (Å²) in [5.74, 6) is -1.18. The molecule has 10 nitrogen and oxygen atoms in total. The molecule has 0 unspecified atom stereocenters. The summed E-state index contributed by atoms with van der Waals surface area (Å²) in [7, 11) is 0. The van der Waals surface area contributed by atoms with Gasteiger partial charge in [-0.05, 0) is 32.0 Å². The number of imide groups is 1. The molecule has 0 fully saturated rings. The van der Waals surface area contributed by atoms with Gasteiger partial charge in [0.2, 0.25) is 0 Å². The second kappa shape index (κ2) is 9.03. The van der Waals surface area contributed by atoms with E-state index in [9.17, 15) is 19.2 Å². The molecule has 10 heteroatoms. The van der Waals surface area contributed by atoms with E-state index in [0.29, 0.717) is 16.5 Å². The molecular weight excluding hydrogens is 392 g/mol. The highest BCUT2D eigenvalue weighted by Crippen LogP contribution is 2.15. The minimum Gasteiger partial charge on any atom is -0.467 e. The summed E-state index contributed by atoms with van der Waals surface area (Å²) in [6, 6.07) is 8.79. The molecule has 0 atom stereocenters. The van der Waals surface area contributed by atoms with Gasteiger partial charge in [0.15, 0.2) is 12.3 Å². The maximum Gasteiger partial charge on any atom is 0.359 e. The SMILES string of the molecule is CC(C)n1nc(C(=O)OCC(=O)NC(=O)NCc2ccco2)c2ccccc2c1=O. The molecule has 2 N–H and O–H groups in total. The molecule has 0 spiro atoms. The highest BCUT2D eigenvalue weighted by Gasteiger charge is 2.20. The number of esters is 1. The number of nitrogens with zero attached hydrogens (tertiary/aromatic N) is 2. The highest BCUT2D eigenvalue weighted by atomic mass is 16.5. The first-order valence-corrected chi connectivity index (χ1v) is 9.15. The van der Waals surface area contributed by atoms with E-state index in [1.54, 1.807) is 50.2 Å². The lowest BCUT2D eigenvalue weighted by Crippen LogP contribution is -2.41. The van der Waals surface area contributed by atoms with E-state index < -0.39 is 24.5 Å². The van der Waals surface area contributed by atoms with Crippen LogP contribution >= 0.6 is 0 Å². The van der Waals surface area contributed by atoms with Gasteiger partial charge in [-0.2, -0.15) is 5.10 Å². The number of ether oxygens (including phenoxy) is 1. The van der Waals surface area contributed by atoms with Crippen LogP contribution < -0.4 is 16.2 Å². The Morgan fingerprint density at radius 1 is 1.13 bits per heavy atom. The maximum absolute atomic E-state index is 12.5. The second-order valence-corrected chi connectivity index (χ2v) is 6.62. The Hall–Kier alpha value is -3.95. The monoisotopic (exact) mass is 412 g/mol. The third kappa shape index (κ3) is 4.72. The van der Waals surface area contributed by atoms with Gasteiger partial charge in [-0.3, -0.25) is 14.9 Å². The Morgan fingerprint density at radius 2 is 1.87 bits per heavy atom. The van der Waals surface area contributed by atoms with Gasteiger partial charge in [0.05, 0.1) is 24.2 Å². The second-order valence-electron chi connectivity index (χ2n) is 6.62. The van der Waals surface area contributed by atoms with Gasteiger partial charge in [0.1, 0.15) is 5.76 Å². The van der Waals surface area contributed by atoms with Gasteiger partial charge in [-0.25, -0.2) is 14.3 Å². The van der Waals surface area contributed by atoms with Crippen LogP contribution in [0.4, 0.5) is 4.79 Å². The normalized spacial score (nSPS) is 10.8. The summed E-state index contributed by atoms with van der Waals surface area (Å²) < 4.78 is 11.2. The minimum atomic E-state index is -0.883. The Balaban J connectivity index is 1.65. The van der Waals surface area contributed by atoms with E-state index in [-0.39, 0.29) is 23.8 Å². The van der Waals surface area contributed by atoms with Crippen molar-refractivity contribution in [2.45, 2.75) is 26.4 Å². The highest BCUT2D eigenvalue weighted by molar-refractivity contribution is 6.03. The smallest absolute Gasteiger partial charge is 0.359 e. The Labute approximate surface area is 170 Å². The number of urea groups is 1. The van der Waals surface area contributed by atoms with Crippen molar-refractivity contribution in [3.05, 3.63) is 64.5 Å². The van der Waals surface area contributed by atoms with Crippen molar-refractivity contribution < 1.29 is 23.5 Å². The average molecular weight is 412 g/mol. The fourth-order valence-electron chi connectivity index (χ4n) is 2.69. The number of benzene rings is 1. The largest absolute Gasteiger partial charge is 0.467 e. The van der Waals surface area contributed by atoms with Crippen LogP contribution in [0, 0.1) is 0 Å².